The average molecular weight is 439 g/mol. The van der Waals surface area contributed by atoms with Crippen LogP contribution in [0.25, 0.3) is 11.1 Å². The third-order valence-electron chi connectivity index (χ3n) is 5.02. The Morgan fingerprint density at radius 3 is 2.44 bits per heavy atom. The third-order valence-corrected chi connectivity index (χ3v) is 5.78. The van der Waals surface area contributed by atoms with E-state index in [2.05, 4.69) is 56.6 Å². The number of benzene rings is 1. The summed E-state index contributed by atoms with van der Waals surface area (Å²) in [7, 11) is 0. The smallest absolute Gasteiger partial charge is 0.365 e. The Labute approximate surface area is 169 Å². The van der Waals surface area contributed by atoms with Gasteiger partial charge in [0.2, 0.25) is 5.83 Å². The van der Waals surface area contributed by atoms with Crippen molar-refractivity contribution in [2.45, 2.75) is 60.3 Å². The van der Waals surface area contributed by atoms with Crippen molar-refractivity contribution >= 4 is 33.0 Å². The molecule has 0 saturated heterocycles. The maximum absolute atomic E-state index is 14.3. The van der Waals surface area contributed by atoms with Crippen molar-refractivity contribution < 1.29 is 19.0 Å². The highest BCUT2D eigenvalue weighted by Crippen LogP contribution is 2.52. The number of rotatable bonds is 4. The van der Waals surface area contributed by atoms with Gasteiger partial charge in [0.15, 0.2) is 0 Å². The summed E-state index contributed by atoms with van der Waals surface area (Å²) < 4.78 is 20.9. The van der Waals surface area contributed by atoms with E-state index in [0.29, 0.717) is 17.9 Å². The molecule has 1 aliphatic carbocycles. The monoisotopic (exact) mass is 438 g/mol. The molecule has 0 radical (unpaired) electrons. The van der Waals surface area contributed by atoms with Crippen LogP contribution < -0.4 is 4.74 Å². The van der Waals surface area contributed by atoms with Crippen LogP contribution in [0.1, 0.15) is 71.6 Å². The predicted molar refractivity (Wildman–Crippen MR) is 112 cm³/mol. The summed E-state index contributed by atoms with van der Waals surface area (Å²) in [6.07, 6.45) is 3.12. The normalized spacial score (nSPS) is 17.0. The summed E-state index contributed by atoms with van der Waals surface area (Å²) >= 11 is 3.70. The molecule has 1 aromatic carbocycles. The molecule has 1 N–H and O–H groups in total. The maximum Gasteiger partial charge on any atom is 0.365 e. The fourth-order valence-corrected chi connectivity index (χ4v) is 4.71. The molecule has 0 amide bonds. The molecule has 148 valence electrons. The number of ether oxygens (including phenoxy) is 1. The van der Waals surface area contributed by atoms with Crippen molar-refractivity contribution in [2.75, 3.05) is 6.61 Å². The minimum Gasteiger partial charge on any atom is -0.492 e. The summed E-state index contributed by atoms with van der Waals surface area (Å²) in [5.41, 5.74) is 3.60. The van der Waals surface area contributed by atoms with Crippen molar-refractivity contribution in [3.05, 3.63) is 39.1 Å². The zero-order chi connectivity index (χ0) is 20.7. The van der Waals surface area contributed by atoms with Crippen LogP contribution in [0.5, 0.6) is 5.75 Å². The van der Waals surface area contributed by atoms with Gasteiger partial charge in [-0.3, -0.25) is 0 Å². The van der Waals surface area contributed by atoms with Crippen LogP contribution in [0.3, 0.4) is 0 Å². The van der Waals surface area contributed by atoms with Crippen molar-refractivity contribution in [1.29, 1.82) is 0 Å². The van der Waals surface area contributed by atoms with Crippen LogP contribution in [-0.2, 0) is 10.2 Å². The zero-order valence-corrected chi connectivity index (χ0v) is 18.7. The Hall–Kier alpha value is -1.62. The molecule has 3 nitrogen and oxygen atoms in total. The van der Waals surface area contributed by atoms with E-state index in [9.17, 15) is 9.18 Å². The number of allylic oxidation sites excluding steroid dienone is 3. The summed E-state index contributed by atoms with van der Waals surface area (Å²) in [6, 6.07) is 1.89. The molecular formula is C22H28BrFO3. The first kappa shape index (κ1) is 21.7. The van der Waals surface area contributed by atoms with Crippen molar-refractivity contribution in [1.82, 2.24) is 0 Å². The molecule has 0 aromatic heterocycles. The summed E-state index contributed by atoms with van der Waals surface area (Å²) in [4.78, 5) is 11.2. The quantitative estimate of drug-likeness (QED) is 0.529. The van der Waals surface area contributed by atoms with E-state index in [4.69, 9.17) is 9.84 Å². The Morgan fingerprint density at radius 2 is 1.96 bits per heavy atom. The number of hydrogen-bond acceptors (Lipinski definition) is 2. The first-order valence-electron chi connectivity index (χ1n) is 9.13. The minimum absolute atomic E-state index is 0.0612. The molecule has 0 spiro atoms. The Balaban J connectivity index is 2.94. The summed E-state index contributed by atoms with van der Waals surface area (Å²) in [6.45, 7) is 14.5. The standard InChI is InChI=1S/C22H28BrFO3/c1-8-27-19-13(12(2)18(24)20(25)26)11-14-15(21(3,4)5)9-10-22(6,7)16(14)17(19)23/h9,11H,8,10H2,1-7H3,(H,25,26)/b18-12+. The maximum atomic E-state index is 14.3. The van der Waals surface area contributed by atoms with Crippen LogP contribution in [0.2, 0.25) is 0 Å². The minimum atomic E-state index is -1.57. The van der Waals surface area contributed by atoms with E-state index >= 15 is 0 Å². The average Bonchev–Trinajstić information content (AvgIpc) is 2.53. The number of hydrogen-bond donors (Lipinski definition) is 1. The lowest BCUT2D eigenvalue weighted by Gasteiger charge is -2.38. The van der Waals surface area contributed by atoms with Gasteiger partial charge >= 0.3 is 5.97 Å². The number of aliphatic carboxylic acids is 1. The van der Waals surface area contributed by atoms with Crippen LogP contribution in [0.15, 0.2) is 22.4 Å². The fourth-order valence-electron chi connectivity index (χ4n) is 3.63. The molecule has 5 heteroatoms. The highest BCUT2D eigenvalue weighted by Gasteiger charge is 2.36. The molecule has 0 atom stereocenters. The fraction of sp³-hybridized carbons (Fsp3) is 0.500. The van der Waals surface area contributed by atoms with E-state index in [1.165, 1.54) is 12.5 Å². The topological polar surface area (TPSA) is 46.5 Å². The molecule has 27 heavy (non-hydrogen) atoms. The molecule has 0 bridgehead atoms. The number of halogens is 2. The van der Waals surface area contributed by atoms with Gasteiger partial charge in [-0.15, -0.1) is 0 Å². The Kier molecular flexibility index (Phi) is 5.96. The highest BCUT2D eigenvalue weighted by molar-refractivity contribution is 9.10. The Morgan fingerprint density at radius 1 is 1.37 bits per heavy atom. The van der Waals surface area contributed by atoms with Gasteiger partial charge in [-0.25, -0.2) is 4.79 Å². The first-order chi connectivity index (χ1) is 12.3. The second-order valence-electron chi connectivity index (χ2n) is 8.62. The van der Waals surface area contributed by atoms with Gasteiger partial charge in [-0.1, -0.05) is 40.7 Å². The molecule has 2 rings (SSSR count). The molecule has 0 heterocycles. The van der Waals surface area contributed by atoms with Crippen LogP contribution in [0, 0.1) is 5.41 Å². The second kappa shape index (κ2) is 7.42. The molecular weight excluding hydrogens is 411 g/mol. The number of fused-ring (bicyclic) bond motifs is 1. The van der Waals surface area contributed by atoms with Crippen LogP contribution in [0.4, 0.5) is 4.39 Å². The molecule has 0 aliphatic heterocycles. The largest absolute Gasteiger partial charge is 0.492 e. The van der Waals surface area contributed by atoms with Gasteiger partial charge in [0.1, 0.15) is 5.75 Å². The summed E-state index contributed by atoms with van der Waals surface area (Å²) in [5.74, 6) is -2.25. The van der Waals surface area contributed by atoms with Gasteiger partial charge in [0.25, 0.3) is 0 Å². The van der Waals surface area contributed by atoms with Crippen LogP contribution >= 0.6 is 15.9 Å². The number of carboxylic acids is 1. The molecule has 0 saturated carbocycles. The number of carboxylic acid groups (broad SMARTS) is 1. The van der Waals surface area contributed by atoms with Crippen molar-refractivity contribution in [3.63, 3.8) is 0 Å². The van der Waals surface area contributed by atoms with E-state index in [1.54, 1.807) is 0 Å². The van der Waals surface area contributed by atoms with E-state index in [0.717, 1.165) is 22.0 Å². The first-order valence-corrected chi connectivity index (χ1v) is 9.93. The lowest BCUT2D eigenvalue weighted by atomic mass is 9.67. The SMILES string of the molecule is CCOc1c(/C(C)=C(/F)C(=O)O)cc2c(c1Br)C(C)(C)CC=C2C(C)(C)C. The van der Waals surface area contributed by atoms with Gasteiger partial charge < -0.3 is 9.84 Å². The predicted octanol–water partition coefficient (Wildman–Crippen LogP) is 6.74. The van der Waals surface area contributed by atoms with E-state index in [1.807, 2.05) is 13.0 Å². The molecule has 0 unspecified atom stereocenters. The Bertz CT molecular complexity index is 842. The van der Waals surface area contributed by atoms with Crippen LogP contribution in [-0.4, -0.2) is 17.7 Å². The molecule has 1 aromatic rings. The molecule has 1 aliphatic rings. The lowest BCUT2D eigenvalue weighted by molar-refractivity contribution is -0.134. The third kappa shape index (κ3) is 3.98. The van der Waals surface area contributed by atoms with Gasteiger partial charge in [-0.05, 0) is 69.8 Å². The summed E-state index contributed by atoms with van der Waals surface area (Å²) in [5, 5.41) is 9.11. The highest BCUT2D eigenvalue weighted by atomic mass is 79.9. The van der Waals surface area contributed by atoms with Crippen molar-refractivity contribution in [3.8, 4) is 5.75 Å². The number of carbonyl (C=O) groups is 1. The lowest BCUT2D eigenvalue weighted by Crippen LogP contribution is -2.26. The second-order valence-corrected chi connectivity index (χ2v) is 9.42. The van der Waals surface area contributed by atoms with E-state index < -0.39 is 11.8 Å². The molecule has 0 fully saturated rings. The van der Waals surface area contributed by atoms with Crippen molar-refractivity contribution in [2.24, 2.45) is 5.41 Å². The zero-order valence-electron chi connectivity index (χ0n) is 17.1. The van der Waals surface area contributed by atoms with Gasteiger partial charge in [-0.2, -0.15) is 4.39 Å². The van der Waals surface area contributed by atoms with Gasteiger partial charge in [0, 0.05) is 11.1 Å². The van der Waals surface area contributed by atoms with E-state index in [-0.39, 0.29) is 16.4 Å². The van der Waals surface area contributed by atoms with Gasteiger partial charge in [0.05, 0.1) is 11.1 Å².